The molecule has 1 aliphatic rings. The molecule has 1 N–H and O–H groups in total. The lowest BCUT2D eigenvalue weighted by Crippen LogP contribution is -2.43. The molecule has 8 heteroatoms. The third kappa shape index (κ3) is 7.29. The van der Waals surface area contributed by atoms with Crippen LogP contribution in [0.1, 0.15) is 40.5 Å². The highest BCUT2D eigenvalue weighted by Crippen LogP contribution is 2.24. The largest absolute Gasteiger partial charge is 0.444 e. The highest BCUT2D eigenvalue weighted by atomic mass is 32.2. The minimum atomic E-state index is -0.455. The van der Waals surface area contributed by atoms with Crippen molar-refractivity contribution < 1.29 is 9.53 Å². The number of rotatable bonds is 7. The van der Waals surface area contributed by atoms with E-state index in [0.29, 0.717) is 11.9 Å². The number of nitrogens with zero attached hydrogens (tertiary/aromatic N) is 4. The fraction of sp³-hybridized carbons (Fsp3) is 0.542. The van der Waals surface area contributed by atoms with E-state index in [0.717, 1.165) is 49.7 Å². The molecule has 0 unspecified atom stereocenters. The van der Waals surface area contributed by atoms with Gasteiger partial charge in [-0.3, -0.25) is 0 Å². The van der Waals surface area contributed by atoms with E-state index < -0.39 is 5.60 Å². The van der Waals surface area contributed by atoms with Gasteiger partial charge in [0.15, 0.2) is 0 Å². The van der Waals surface area contributed by atoms with Crippen LogP contribution in [0.4, 0.5) is 22.2 Å². The van der Waals surface area contributed by atoms with E-state index in [4.69, 9.17) is 4.74 Å². The molecule has 3 rings (SSSR count). The topological polar surface area (TPSA) is 70.6 Å². The fourth-order valence-corrected chi connectivity index (χ4v) is 4.32. The van der Waals surface area contributed by atoms with Gasteiger partial charge in [-0.1, -0.05) is 6.92 Å². The summed E-state index contributed by atoms with van der Waals surface area (Å²) in [7, 11) is 2.06. The molecule has 7 nitrogen and oxygen atoms in total. The quantitative estimate of drug-likeness (QED) is 0.557. The van der Waals surface area contributed by atoms with Gasteiger partial charge in [-0.2, -0.15) is 4.98 Å². The van der Waals surface area contributed by atoms with E-state index in [-0.39, 0.29) is 6.09 Å². The Bertz CT molecular complexity index is 877. The summed E-state index contributed by atoms with van der Waals surface area (Å²) in [5, 5.41) is 3.29. The number of amides is 1. The van der Waals surface area contributed by atoms with Gasteiger partial charge in [-0.05, 0) is 75.6 Å². The monoisotopic (exact) mass is 457 g/mol. The Labute approximate surface area is 195 Å². The molecule has 1 saturated heterocycles. The smallest absolute Gasteiger partial charge is 0.410 e. The Balaban J connectivity index is 1.51. The number of anilines is 3. The Morgan fingerprint density at radius 1 is 1.22 bits per heavy atom. The standard InChI is InChI=1S/C24H35N5O2S/c1-6-32-20-9-7-19(8-10-20)26-22-25-14-11-21(27-22)28(5)17-18-12-15-29(16-13-18)23(30)31-24(2,3)4/h7-11,14,18H,6,12-13,15-17H2,1-5H3,(H,25,26,27). The lowest BCUT2D eigenvalue weighted by atomic mass is 9.96. The van der Waals surface area contributed by atoms with Gasteiger partial charge >= 0.3 is 6.09 Å². The second kappa shape index (κ2) is 10.9. The molecule has 0 aliphatic carbocycles. The summed E-state index contributed by atoms with van der Waals surface area (Å²) in [6, 6.07) is 10.3. The van der Waals surface area contributed by atoms with Crippen molar-refractivity contribution in [3.63, 3.8) is 0 Å². The third-order valence-electron chi connectivity index (χ3n) is 5.25. The van der Waals surface area contributed by atoms with Gasteiger partial charge < -0.3 is 19.9 Å². The summed E-state index contributed by atoms with van der Waals surface area (Å²) >= 11 is 1.82. The zero-order valence-electron chi connectivity index (χ0n) is 19.8. The molecule has 32 heavy (non-hydrogen) atoms. The first-order valence-electron chi connectivity index (χ1n) is 11.3. The number of ether oxygens (including phenoxy) is 1. The van der Waals surface area contributed by atoms with Crippen LogP contribution in [0.15, 0.2) is 41.4 Å². The van der Waals surface area contributed by atoms with Crippen LogP contribution in [-0.4, -0.2) is 59.0 Å². The van der Waals surface area contributed by atoms with Gasteiger partial charge in [-0.15, -0.1) is 11.8 Å². The summed E-state index contributed by atoms with van der Waals surface area (Å²) in [5.41, 5.74) is 0.517. The van der Waals surface area contributed by atoms with Gasteiger partial charge in [0.25, 0.3) is 0 Å². The maximum Gasteiger partial charge on any atom is 0.410 e. The molecule has 174 valence electrons. The molecule has 0 spiro atoms. The zero-order valence-corrected chi connectivity index (χ0v) is 20.6. The highest BCUT2D eigenvalue weighted by molar-refractivity contribution is 7.99. The molecule has 1 aromatic heterocycles. The van der Waals surface area contributed by atoms with E-state index in [1.165, 1.54) is 4.90 Å². The van der Waals surface area contributed by atoms with Gasteiger partial charge in [-0.25, -0.2) is 9.78 Å². The van der Waals surface area contributed by atoms with E-state index in [1.54, 1.807) is 6.20 Å². The highest BCUT2D eigenvalue weighted by Gasteiger charge is 2.27. The Morgan fingerprint density at radius 3 is 2.53 bits per heavy atom. The van der Waals surface area contributed by atoms with Crippen LogP contribution in [0.25, 0.3) is 0 Å². The summed E-state index contributed by atoms with van der Waals surface area (Å²) in [6.45, 7) is 10.2. The molecular weight excluding hydrogens is 422 g/mol. The zero-order chi connectivity index (χ0) is 23.1. The van der Waals surface area contributed by atoms with Crippen molar-refractivity contribution in [1.29, 1.82) is 0 Å². The molecule has 2 heterocycles. The average Bonchev–Trinajstić information content (AvgIpc) is 2.75. The minimum absolute atomic E-state index is 0.211. The molecule has 1 amide bonds. The van der Waals surface area contributed by atoms with Crippen LogP contribution in [0.2, 0.25) is 0 Å². The Kier molecular flexibility index (Phi) is 8.23. The Morgan fingerprint density at radius 2 is 1.91 bits per heavy atom. The lowest BCUT2D eigenvalue weighted by molar-refractivity contribution is 0.0186. The van der Waals surface area contributed by atoms with Gasteiger partial charge in [0.2, 0.25) is 5.95 Å². The van der Waals surface area contributed by atoms with Crippen molar-refractivity contribution in [3.05, 3.63) is 36.5 Å². The fourth-order valence-electron chi connectivity index (χ4n) is 3.66. The van der Waals surface area contributed by atoms with Crippen molar-refractivity contribution >= 4 is 35.3 Å². The molecule has 1 aliphatic heterocycles. The van der Waals surface area contributed by atoms with Gasteiger partial charge in [0, 0.05) is 43.5 Å². The second-order valence-corrected chi connectivity index (χ2v) is 10.4. The molecule has 1 aromatic carbocycles. The number of hydrogen-bond acceptors (Lipinski definition) is 7. The predicted octanol–water partition coefficient (Wildman–Crippen LogP) is 5.42. The molecule has 1 fully saturated rings. The van der Waals surface area contributed by atoms with Crippen molar-refractivity contribution in [2.75, 3.05) is 42.7 Å². The van der Waals surface area contributed by atoms with E-state index in [1.807, 2.05) is 43.5 Å². The second-order valence-electron chi connectivity index (χ2n) is 9.11. The van der Waals surface area contributed by atoms with Crippen molar-refractivity contribution in [3.8, 4) is 0 Å². The predicted molar refractivity (Wildman–Crippen MR) is 132 cm³/mol. The summed E-state index contributed by atoms with van der Waals surface area (Å²) in [4.78, 5) is 26.6. The molecule has 0 atom stereocenters. The molecule has 2 aromatic rings. The molecule has 0 saturated carbocycles. The number of likely N-dealkylation sites (tertiary alicyclic amines) is 1. The van der Waals surface area contributed by atoms with Crippen LogP contribution < -0.4 is 10.2 Å². The molecule has 0 bridgehead atoms. The maximum atomic E-state index is 12.3. The number of thioether (sulfide) groups is 1. The van der Waals surface area contributed by atoms with E-state index in [2.05, 4.69) is 58.4 Å². The normalized spacial score (nSPS) is 14.8. The SMILES string of the molecule is CCSc1ccc(Nc2nccc(N(C)CC3CCN(C(=O)OC(C)(C)C)CC3)n2)cc1. The minimum Gasteiger partial charge on any atom is -0.444 e. The summed E-state index contributed by atoms with van der Waals surface area (Å²) < 4.78 is 5.49. The number of carbonyl (C=O) groups excluding carboxylic acids is 1. The van der Waals surface area contributed by atoms with E-state index in [9.17, 15) is 4.79 Å². The molecule has 0 radical (unpaired) electrons. The van der Waals surface area contributed by atoms with Gasteiger partial charge in [0.05, 0.1) is 0 Å². The van der Waals surface area contributed by atoms with Crippen molar-refractivity contribution in [2.45, 2.75) is 51.0 Å². The van der Waals surface area contributed by atoms with Crippen LogP contribution in [-0.2, 0) is 4.74 Å². The first-order chi connectivity index (χ1) is 15.2. The average molecular weight is 458 g/mol. The number of aromatic nitrogens is 2. The first-order valence-corrected chi connectivity index (χ1v) is 12.2. The summed E-state index contributed by atoms with van der Waals surface area (Å²) in [5.74, 6) is 3.04. The number of piperidine rings is 1. The van der Waals surface area contributed by atoms with Crippen LogP contribution in [0.5, 0.6) is 0 Å². The number of carbonyl (C=O) groups is 1. The number of nitrogens with one attached hydrogen (secondary N) is 1. The van der Waals surface area contributed by atoms with Crippen LogP contribution in [0, 0.1) is 5.92 Å². The summed E-state index contributed by atoms with van der Waals surface area (Å²) in [6.07, 6.45) is 3.49. The van der Waals surface area contributed by atoms with Crippen LogP contribution in [0.3, 0.4) is 0 Å². The first kappa shape index (κ1) is 24.2. The Hall–Kier alpha value is -2.48. The maximum absolute atomic E-state index is 12.3. The third-order valence-corrected chi connectivity index (χ3v) is 6.15. The van der Waals surface area contributed by atoms with Gasteiger partial charge in [0.1, 0.15) is 11.4 Å². The van der Waals surface area contributed by atoms with E-state index >= 15 is 0 Å². The lowest BCUT2D eigenvalue weighted by Gasteiger charge is -2.35. The number of hydrogen-bond donors (Lipinski definition) is 1. The van der Waals surface area contributed by atoms with Crippen molar-refractivity contribution in [2.24, 2.45) is 5.92 Å². The van der Waals surface area contributed by atoms with Crippen LogP contribution >= 0.6 is 11.8 Å². The molecular formula is C24H35N5O2S. The van der Waals surface area contributed by atoms with Crippen molar-refractivity contribution in [1.82, 2.24) is 14.9 Å². The number of benzene rings is 1.